The van der Waals surface area contributed by atoms with E-state index in [0.717, 1.165) is 0 Å². The van der Waals surface area contributed by atoms with E-state index < -0.39 is 0 Å². The van der Waals surface area contributed by atoms with Gasteiger partial charge in [-0.1, -0.05) is 0 Å². The minimum Gasteiger partial charge on any atom is -0.382 e. The predicted molar refractivity (Wildman–Crippen MR) is 80.3 cm³/mol. The molecule has 22 heavy (non-hydrogen) atoms. The molecule has 0 spiro atoms. The van der Waals surface area contributed by atoms with Crippen LogP contribution in [0.3, 0.4) is 0 Å². The second-order valence-corrected chi connectivity index (χ2v) is 5.31. The van der Waals surface area contributed by atoms with Crippen molar-refractivity contribution in [1.29, 1.82) is 0 Å². The third kappa shape index (κ3) is 8.99. The van der Waals surface area contributed by atoms with Crippen molar-refractivity contribution in [1.82, 2.24) is 0 Å². The first kappa shape index (κ1) is 19.8. The highest BCUT2D eigenvalue weighted by molar-refractivity contribution is 4.85. The van der Waals surface area contributed by atoms with Crippen molar-refractivity contribution >= 4 is 0 Å². The lowest BCUT2D eigenvalue weighted by Gasteiger charge is -2.40. The summed E-state index contributed by atoms with van der Waals surface area (Å²) in [6.45, 7) is 7.34. The molecule has 0 aromatic rings. The fourth-order valence-electron chi connectivity index (χ4n) is 1.90. The Morgan fingerprint density at radius 1 is 0.636 bits per heavy atom. The predicted octanol–water partition coefficient (Wildman–Crippen LogP) is 0.362. The van der Waals surface area contributed by atoms with Gasteiger partial charge < -0.3 is 33.2 Å². The molecule has 0 unspecified atom stereocenters. The first-order valence-electron chi connectivity index (χ1n) is 7.69. The zero-order valence-electron chi connectivity index (χ0n) is 13.8. The molecule has 1 fully saturated rings. The third-order valence-electron chi connectivity index (χ3n) is 3.24. The fraction of sp³-hybridized carbons (Fsp3) is 1.00. The summed E-state index contributed by atoms with van der Waals surface area (Å²) >= 11 is 0. The molecule has 7 heteroatoms. The minimum absolute atomic E-state index is 0.0148. The smallest absolute Gasteiger partial charge is 0.0701 e. The Balaban J connectivity index is 1.95. The summed E-state index contributed by atoms with van der Waals surface area (Å²) in [7, 11) is 3.31. The van der Waals surface area contributed by atoms with Gasteiger partial charge in [0.15, 0.2) is 0 Å². The molecule has 0 bridgehead atoms. The fourth-order valence-corrected chi connectivity index (χ4v) is 1.90. The minimum atomic E-state index is -0.0148. The van der Waals surface area contributed by atoms with Crippen LogP contribution in [-0.4, -0.2) is 93.5 Å². The normalized spacial score (nSPS) is 16.6. The van der Waals surface area contributed by atoms with Crippen molar-refractivity contribution in [3.63, 3.8) is 0 Å². The molecule has 0 amide bonds. The van der Waals surface area contributed by atoms with E-state index in [1.54, 1.807) is 14.2 Å². The van der Waals surface area contributed by atoms with E-state index in [0.29, 0.717) is 79.3 Å². The lowest BCUT2D eigenvalue weighted by molar-refractivity contribution is -0.181. The van der Waals surface area contributed by atoms with E-state index in [-0.39, 0.29) is 5.41 Å². The van der Waals surface area contributed by atoms with Crippen LogP contribution >= 0.6 is 0 Å². The quantitative estimate of drug-likeness (QED) is 0.380. The molecule has 0 atom stereocenters. The van der Waals surface area contributed by atoms with E-state index >= 15 is 0 Å². The van der Waals surface area contributed by atoms with Crippen molar-refractivity contribution in [2.45, 2.75) is 0 Å². The highest BCUT2D eigenvalue weighted by Gasteiger charge is 2.39. The van der Waals surface area contributed by atoms with Crippen molar-refractivity contribution in [3.05, 3.63) is 0 Å². The number of rotatable bonds is 16. The van der Waals surface area contributed by atoms with Crippen LogP contribution in [0.15, 0.2) is 0 Å². The van der Waals surface area contributed by atoms with Gasteiger partial charge in [-0.25, -0.2) is 0 Å². The maximum Gasteiger partial charge on any atom is 0.0701 e. The Labute approximate surface area is 133 Å². The van der Waals surface area contributed by atoms with Crippen LogP contribution in [0, 0.1) is 5.41 Å². The molecular weight excluding hydrogens is 292 g/mol. The molecule has 1 saturated heterocycles. The van der Waals surface area contributed by atoms with E-state index in [1.807, 2.05) is 0 Å². The van der Waals surface area contributed by atoms with Crippen LogP contribution in [-0.2, 0) is 33.2 Å². The standard InChI is InChI=1S/C15H30O7/c1-16-3-5-18-7-9-20-11-15(13-22-14-15)12-21-10-8-19-6-4-17-2/h3-14H2,1-2H3. The third-order valence-corrected chi connectivity index (χ3v) is 3.24. The van der Waals surface area contributed by atoms with E-state index in [4.69, 9.17) is 33.2 Å². The van der Waals surface area contributed by atoms with Crippen molar-refractivity contribution in [2.75, 3.05) is 93.5 Å². The summed E-state index contributed by atoms with van der Waals surface area (Å²) in [6, 6.07) is 0. The lowest BCUT2D eigenvalue weighted by Crippen LogP contribution is -2.50. The van der Waals surface area contributed by atoms with Crippen molar-refractivity contribution < 1.29 is 33.2 Å². The monoisotopic (exact) mass is 322 g/mol. The second kappa shape index (κ2) is 13.2. The van der Waals surface area contributed by atoms with Crippen LogP contribution < -0.4 is 0 Å². The van der Waals surface area contributed by atoms with Gasteiger partial charge in [-0.2, -0.15) is 0 Å². The Morgan fingerprint density at radius 2 is 1.05 bits per heavy atom. The summed E-state index contributed by atoms with van der Waals surface area (Å²) < 4.78 is 37.1. The van der Waals surface area contributed by atoms with Gasteiger partial charge in [0.05, 0.1) is 84.7 Å². The van der Waals surface area contributed by atoms with E-state index in [9.17, 15) is 0 Å². The number of ether oxygens (including phenoxy) is 7. The van der Waals surface area contributed by atoms with Gasteiger partial charge in [-0.05, 0) is 0 Å². The summed E-state index contributed by atoms with van der Waals surface area (Å²) in [6.07, 6.45) is 0. The highest BCUT2D eigenvalue weighted by atomic mass is 16.6. The molecule has 1 aliphatic rings. The molecule has 0 radical (unpaired) electrons. The second-order valence-electron chi connectivity index (χ2n) is 5.31. The van der Waals surface area contributed by atoms with Gasteiger partial charge in [0, 0.05) is 14.2 Å². The number of hydrogen-bond acceptors (Lipinski definition) is 7. The molecule has 7 nitrogen and oxygen atoms in total. The van der Waals surface area contributed by atoms with Gasteiger partial charge in [0.1, 0.15) is 0 Å². The average molecular weight is 322 g/mol. The zero-order valence-corrected chi connectivity index (χ0v) is 13.8. The van der Waals surface area contributed by atoms with Gasteiger partial charge >= 0.3 is 0 Å². The highest BCUT2D eigenvalue weighted by Crippen LogP contribution is 2.28. The first-order chi connectivity index (χ1) is 10.8. The lowest BCUT2D eigenvalue weighted by atomic mass is 9.88. The summed E-state index contributed by atoms with van der Waals surface area (Å²) in [5.41, 5.74) is -0.0148. The maximum absolute atomic E-state index is 5.66. The Hall–Kier alpha value is -0.280. The Morgan fingerprint density at radius 3 is 1.41 bits per heavy atom. The van der Waals surface area contributed by atoms with Gasteiger partial charge in [-0.3, -0.25) is 0 Å². The SMILES string of the molecule is COCCOCCOCC1(COCCOCCOC)COC1. The number of methoxy groups -OCH3 is 2. The maximum atomic E-state index is 5.66. The van der Waals surface area contributed by atoms with E-state index in [1.165, 1.54) is 0 Å². The van der Waals surface area contributed by atoms with Crippen molar-refractivity contribution in [3.8, 4) is 0 Å². The van der Waals surface area contributed by atoms with Crippen LogP contribution in [0.2, 0.25) is 0 Å². The molecular formula is C15H30O7. The summed E-state index contributed by atoms with van der Waals surface area (Å²) in [5.74, 6) is 0. The average Bonchev–Trinajstić information content (AvgIpc) is 2.49. The number of hydrogen-bond donors (Lipinski definition) is 0. The van der Waals surface area contributed by atoms with Gasteiger partial charge in [-0.15, -0.1) is 0 Å². The van der Waals surface area contributed by atoms with Crippen LogP contribution in [0.1, 0.15) is 0 Å². The largest absolute Gasteiger partial charge is 0.382 e. The molecule has 1 heterocycles. The topological polar surface area (TPSA) is 64.6 Å². The van der Waals surface area contributed by atoms with Crippen molar-refractivity contribution in [2.24, 2.45) is 5.41 Å². The van der Waals surface area contributed by atoms with Crippen LogP contribution in [0.4, 0.5) is 0 Å². The van der Waals surface area contributed by atoms with Crippen LogP contribution in [0.5, 0.6) is 0 Å². The molecule has 0 aromatic heterocycles. The zero-order chi connectivity index (χ0) is 15.9. The summed E-state index contributed by atoms with van der Waals surface area (Å²) in [5, 5.41) is 0. The molecule has 1 aliphatic heterocycles. The molecule has 0 aromatic carbocycles. The molecule has 0 N–H and O–H groups in total. The van der Waals surface area contributed by atoms with E-state index in [2.05, 4.69) is 0 Å². The summed E-state index contributed by atoms with van der Waals surface area (Å²) in [4.78, 5) is 0. The van der Waals surface area contributed by atoms with Gasteiger partial charge in [0.25, 0.3) is 0 Å². The molecule has 0 saturated carbocycles. The Kier molecular flexibility index (Phi) is 11.8. The molecule has 1 rings (SSSR count). The Bertz CT molecular complexity index is 226. The van der Waals surface area contributed by atoms with Gasteiger partial charge in [0.2, 0.25) is 0 Å². The first-order valence-corrected chi connectivity index (χ1v) is 7.69. The van der Waals surface area contributed by atoms with Crippen LogP contribution in [0.25, 0.3) is 0 Å². The molecule has 132 valence electrons. The molecule has 0 aliphatic carbocycles.